The van der Waals surface area contributed by atoms with E-state index in [1.165, 1.54) is 42.5 Å². The molecule has 3 aromatic rings. The number of halogens is 6. The minimum Gasteiger partial charge on any atom is -0.423 e. The van der Waals surface area contributed by atoms with Crippen molar-refractivity contribution in [1.29, 1.82) is 0 Å². The third-order valence-electron chi connectivity index (χ3n) is 6.16. The quantitative estimate of drug-likeness (QED) is 0.0867. The molecule has 37 heavy (non-hydrogen) atoms. The smallest absolute Gasteiger partial charge is 0.416 e. The van der Waals surface area contributed by atoms with Crippen molar-refractivity contribution >= 4 is 11.7 Å². The van der Waals surface area contributed by atoms with E-state index in [4.69, 9.17) is 4.74 Å². The van der Waals surface area contributed by atoms with Crippen LogP contribution in [0.2, 0.25) is 0 Å². The molecule has 0 radical (unpaired) electrons. The summed E-state index contributed by atoms with van der Waals surface area (Å²) in [6.45, 7) is 0. The molecule has 0 unspecified atom stereocenters. The Morgan fingerprint density at radius 2 is 1.41 bits per heavy atom. The maximum Gasteiger partial charge on any atom is 0.416 e. The van der Waals surface area contributed by atoms with E-state index < -0.39 is 45.7 Å². The summed E-state index contributed by atoms with van der Waals surface area (Å²) in [5, 5.41) is 10.7. The van der Waals surface area contributed by atoms with Crippen molar-refractivity contribution < 1.29 is 40.8 Å². The number of nitro groups is 1. The molecule has 0 bridgehead atoms. The molecule has 11 heteroatoms. The van der Waals surface area contributed by atoms with E-state index in [1.54, 1.807) is 0 Å². The summed E-state index contributed by atoms with van der Waals surface area (Å²) in [5.74, 6) is -1.43. The topological polar surface area (TPSA) is 69.4 Å². The molecule has 1 saturated carbocycles. The van der Waals surface area contributed by atoms with Crippen LogP contribution in [0.15, 0.2) is 84.9 Å². The second-order valence-electron chi connectivity index (χ2n) is 8.47. The van der Waals surface area contributed by atoms with E-state index in [2.05, 4.69) is 0 Å². The van der Waals surface area contributed by atoms with Gasteiger partial charge in [-0.05, 0) is 47.7 Å². The maximum absolute atomic E-state index is 13.4. The van der Waals surface area contributed by atoms with Crippen LogP contribution in [-0.4, -0.2) is 10.9 Å². The lowest BCUT2D eigenvalue weighted by Crippen LogP contribution is -2.16. The highest BCUT2D eigenvalue weighted by Gasteiger charge is 2.56. The van der Waals surface area contributed by atoms with Gasteiger partial charge in [0.05, 0.1) is 16.1 Å². The number of hydrogen-bond acceptors (Lipinski definition) is 4. The lowest BCUT2D eigenvalue weighted by molar-refractivity contribution is -0.384. The number of hydrogen-bond donors (Lipinski definition) is 0. The predicted molar refractivity (Wildman–Crippen MR) is 120 cm³/mol. The molecule has 1 fully saturated rings. The Labute approximate surface area is 206 Å². The number of rotatable bonds is 6. The van der Waals surface area contributed by atoms with E-state index >= 15 is 0 Å². The van der Waals surface area contributed by atoms with E-state index in [0.29, 0.717) is 0 Å². The van der Waals surface area contributed by atoms with Gasteiger partial charge in [-0.25, -0.2) is 4.79 Å². The molecule has 1 aliphatic carbocycles. The summed E-state index contributed by atoms with van der Waals surface area (Å²) in [7, 11) is 0. The maximum atomic E-state index is 13.4. The van der Waals surface area contributed by atoms with Crippen LogP contribution >= 0.6 is 0 Å². The van der Waals surface area contributed by atoms with Gasteiger partial charge < -0.3 is 4.74 Å². The first kappa shape index (κ1) is 25.9. The standard InChI is InChI=1S/C26H17F6NO4/c27-25(28,29)18-5-1-3-16(13-18)24(17-4-2-6-19(14-17)26(30,31)32)15-20(24)7-12-23(34)37-22-10-8-21(9-11-22)33(35)36/h1-14,20H,15H2/b12-7+/t20-/m0/s1. The van der Waals surface area contributed by atoms with E-state index in [9.17, 15) is 41.3 Å². The van der Waals surface area contributed by atoms with Gasteiger partial charge in [0, 0.05) is 23.6 Å². The Hall–Kier alpha value is -4.15. The molecular weight excluding hydrogens is 504 g/mol. The predicted octanol–water partition coefficient (Wildman–Crippen LogP) is 7.10. The Bertz CT molecular complexity index is 1300. The number of alkyl halides is 6. The lowest BCUT2D eigenvalue weighted by Gasteiger charge is -2.21. The first-order valence-electron chi connectivity index (χ1n) is 10.8. The average molecular weight is 521 g/mol. The molecule has 4 rings (SSSR count). The molecule has 0 N–H and O–H groups in total. The van der Waals surface area contributed by atoms with Crippen molar-refractivity contribution in [1.82, 2.24) is 0 Å². The first-order valence-corrected chi connectivity index (χ1v) is 10.8. The number of esters is 1. The average Bonchev–Trinajstić information content (AvgIpc) is 3.58. The van der Waals surface area contributed by atoms with Gasteiger partial charge in [-0.1, -0.05) is 42.5 Å². The van der Waals surface area contributed by atoms with Gasteiger partial charge in [0.1, 0.15) is 5.75 Å². The molecular formula is C26H17F6NO4. The van der Waals surface area contributed by atoms with Gasteiger partial charge in [-0.2, -0.15) is 26.3 Å². The Morgan fingerprint density at radius 3 is 1.86 bits per heavy atom. The molecule has 0 aromatic heterocycles. The Balaban J connectivity index is 1.64. The number of carbonyl (C=O) groups is 1. The highest BCUT2D eigenvalue weighted by atomic mass is 19.4. The molecule has 0 heterocycles. The monoisotopic (exact) mass is 521 g/mol. The number of ether oxygens (including phenoxy) is 1. The van der Waals surface area contributed by atoms with Gasteiger partial charge >= 0.3 is 18.3 Å². The summed E-state index contributed by atoms with van der Waals surface area (Å²) in [6, 6.07) is 13.5. The van der Waals surface area contributed by atoms with E-state index in [0.717, 1.165) is 42.5 Å². The molecule has 192 valence electrons. The van der Waals surface area contributed by atoms with E-state index in [1.807, 2.05) is 0 Å². The normalized spacial score (nSPS) is 17.0. The highest BCUT2D eigenvalue weighted by molar-refractivity contribution is 5.84. The molecule has 5 nitrogen and oxygen atoms in total. The summed E-state index contributed by atoms with van der Waals surface area (Å²) >= 11 is 0. The number of nitro benzene ring substituents is 1. The number of carbonyl (C=O) groups excluding carboxylic acids is 1. The highest BCUT2D eigenvalue weighted by Crippen LogP contribution is 2.60. The van der Waals surface area contributed by atoms with Crippen molar-refractivity contribution in [2.24, 2.45) is 5.92 Å². The van der Waals surface area contributed by atoms with Crippen LogP contribution in [0.25, 0.3) is 0 Å². The summed E-state index contributed by atoms with van der Waals surface area (Å²) in [5.41, 5.74) is -2.97. The van der Waals surface area contributed by atoms with Crippen LogP contribution < -0.4 is 4.74 Å². The molecule has 0 amide bonds. The Morgan fingerprint density at radius 1 is 0.892 bits per heavy atom. The minimum absolute atomic E-state index is 0.0260. The third kappa shape index (κ3) is 5.50. The third-order valence-corrected chi connectivity index (χ3v) is 6.16. The molecule has 1 aliphatic rings. The fourth-order valence-corrected chi connectivity index (χ4v) is 4.28. The van der Waals surface area contributed by atoms with Crippen LogP contribution in [0.1, 0.15) is 28.7 Å². The minimum atomic E-state index is -4.65. The van der Waals surface area contributed by atoms with Crippen LogP contribution in [0.4, 0.5) is 32.0 Å². The summed E-state index contributed by atoms with van der Waals surface area (Å²) in [6.07, 6.45) is -6.72. The molecule has 0 saturated heterocycles. The number of non-ortho nitro benzene ring substituents is 1. The second-order valence-corrected chi connectivity index (χ2v) is 8.47. The largest absolute Gasteiger partial charge is 0.423 e. The molecule has 3 aromatic carbocycles. The van der Waals surface area contributed by atoms with Crippen molar-refractivity contribution in [3.63, 3.8) is 0 Å². The SMILES string of the molecule is O=C(/C=C/[C@H]1CC1(c1cccc(C(F)(F)F)c1)c1cccc(C(F)(F)F)c1)Oc1ccc([N+](=O)[O-])cc1. The molecule has 0 spiro atoms. The first-order chi connectivity index (χ1) is 17.3. The Kier molecular flexibility index (Phi) is 6.57. The fourth-order valence-electron chi connectivity index (χ4n) is 4.28. The number of nitrogens with zero attached hydrogens (tertiary/aromatic N) is 1. The zero-order valence-corrected chi connectivity index (χ0v) is 18.7. The zero-order chi connectivity index (χ0) is 27.0. The lowest BCUT2D eigenvalue weighted by atomic mass is 9.84. The number of allylic oxidation sites excluding steroid dienone is 1. The van der Waals surface area contributed by atoms with Crippen LogP contribution in [0, 0.1) is 16.0 Å². The summed E-state index contributed by atoms with van der Waals surface area (Å²) < 4.78 is 85.3. The van der Waals surface area contributed by atoms with Crippen LogP contribution in [0.5, 0.6) is 5.75 Å². The number of benzene rings is 3. The van der Waals surface area contributed by atoms with Crippen molar-refractivity contribution in [2.75, 3.05) is 0 Å². The van der Waals surface area contributed by atoms with Crippen LogP contribution in [-0.2, 0) is 22.6 Å². The zero-order valence-electron chi connectivity index (χ0n) is 18.7. The van der Waals surface area contributed by atoms with Crippen LogP contribution in [0.3, 0.4) is 0 Å². The molecule has 1 atom stereocenters. The van der Waals surface area contributed by atoms with Gasteiger partial charge in [0.25, 0.3) is 5.69 Å². The second kappa shape index (κ2) is 9.38. The van der Waals surface area contributed by atoms with Crippen molar-refractivity contribution in [3.05, 3.63) is 117 Å². The van der Waals surface area contributed by atoms with Crippen molar-refractivity contribution in [3.8, 4) is 5.75 Å². The van der Waals surface area contributed by atoms with Crippen molar-refractivity contribution in [2.45, 2.75) is 24.2 Å². The summed E-state index contributed by atoms with van der Waals surface area (Å²) in [4.78, 5) is 22.4. The van der Waals surface area contributed by atoms with E-state index in [-0.39, 0.29) is 29.0 Å². The van der Waals surface area contributed by atoms with Gasteiger partial charge in [-0.3, -0.25) is 10.1 Å². The molecule has 0 aliphatic heterocycles. The fraction of sp³-hybridized carbons (Fsp3) is 0.192. The van der Waals surface area contributed by atoms with Gasteiger partial charge in [0.2, 0.25) is 0 Å². The van der Waals surface area contributed by atoms with Gasteiger partial charge in [-0.15, -0.1) is 0 Å². The van der Waals surface area contributed by atoms with Gasteiger partial charge in [0.15, 0.2) is 0 Å².